The van der Waals surface area contributed by atoms with E-state index < -0.39 is 12.5 Å². The smallest absolute Gasteiger partial charge is 0.387 e. The lowest BCUT2D eigenvalue weighted by molar-refractivity contribution is -0.0498. The van der Waals surface area contributed by atoms with Crippen LogP contribution >= 0.6 is 0 Å². The monoisotopic (exact) mass is 320 g/mol. The zero-order valence-corrected chi connectivity index (χ0v) is 12.2. The summed E-state index contributed by atoms with van der Waals surface area (Å²) in [6.07, 6.45) is 1.34. The summed E-state index contributed by atoms with van der Waals surface area (Å²) in [5.74, 6) is -0.746. The lowest BCUT2D eigenvalue weighted by Gasteiger charge is -2.08. The molecule has 120 valence electrons. The molecular formula is C15H14F2N4O2. The van der Waals surface area contributed by atoms with Crippen molar-refractivity contribution in [2.45, 2.75) is 13.5 Å². The third-order valence-corrected chi connectivity index (χ3v) is 3.02. The van der Waals surface area contributed by atoms with Crippen molar-refractivity contribution >= 4 is 5.91 Å². The summed E-state index contributed by atoms with van der Waals surface area (Å²) >= 11 is 0. The Bertz CT molecular complexity index is 724. The van der Waals surface area contributed by atoms with Crippen LogP contribution in [0.15, 0.2) is 30.5 Å². The summed E-state index contributed by atoms with van der Waals surface area (Å²) < 4.78 is 28.9. The molecule has 0 radical (unpaired) electrons. The number of alkyl halides is 2. The number of carbonyl (C=O) groups is 1. The first kappa shape index (κ1) is 16.4. The van der Waals surface area contributed by atoms with Crippen molar-refractivity contribution in [1.82, 2.24) is 15.5 Å². The molecule has 0 spiro atoms. The molecule has 8 heteroatoms. The number of H-pyrrole nitrogens is 1. The van der Waals surface area contributed by atoms with Crippen molar-refractivity contribution in [3.63, 3.8) is 0 Å². The minimum Gasteiger partial charge on any atom is -0.435 e. The van der Waals surface area contributed by atoms with E-state index in [4.69, 9.17) is 5.26 Å². The number of aromatic amines is 1. The molecule has 0 bridgehead atoms. The second-order valence-corrected chi connectivity index (χ2v) is 4.81. The van der Waals surface area contributed by atoms with Crippen molar-refractivity contribution < 1.29 is 18.3 Å². The number of carbonyl (C=O) groups excluding carboxylic acids is 1. The Kier molecular flexibility index (Phi) is 5.25. The first-order chi connectivity index (χ1) is 11.0. The predicted octanol–water partition coefficient (Wildman–Crippen LogP) is 2.57. The molecule has 1 heterocycles. The quantitative estimate of drug-likeness (QED) is 0.856. The number of hydrogen-bond donors (Lipinski definition) is 2. The van der Waals surface area contributed by atoms with Crippen LogP contribution in [0.3, 0.4) is 0 Å². The summed E-state index contributed by atoms with van der Waals surface area (Å²) in [7, 11) is 0. The molecule has 0 fully saturated rings. The molecule has 2 N–H and O–H groups in total. The van der Waals surface area contributed by atoms with Gasteiger partial charge in [-0.2, -0.15) is 19.1 Å². The normalized spacial score (nSPS) is 11.8. The van der Waals surface area contributed by atoms with Gasteiger partial charge in [0.05, 0.1) is 29.4 Å². The standard InChI is InChI=1S/C15H14F2N4O2/c1-9(6-18)7-19-14(22)12-8-20-21-13(12)10-3-2-4-11(5-10)23-15(16)17/h2-5,8-9,15H,7H2,1H3,(H,19,22)(H,20,21)/t9-/m0/s1. The van der Waals surface area contributed by atoms with Crippen LogP contribution in [0, 0.1) is 17.2 Å². The summed E-state index contributed by atoms with van der Waals surface area (Å²) in [5, 5.41) is 17.8. The highest BCUT2D eigenvalue weighted by Crippen LogP contribution is 2.25. The Morgan fingerprint density at radius 1 is 1.52 bits per heavy atom. The fourth-order valence-electron chi connectivity index (χ4n) is 1.89. The number of nitrogens with zero attached hydrogens (tertiary/aromatic N) is 2. The van der Waals surface area contributed by atoms with Crippen LogP contribution in [0.5, 0.6) is 5.75 Å². The van der Waals surface area contributed by atoms with E-state index in [0.717, 1.165) is 0 Å². The molecule has 1 aromatic carbocycles. The number of aromatic nitrogens is 2. The molecule has 0 saturated heterocycles. The number of hydrogen-bond acceptors (Lipinski definition) is 4. The van der Waals surface area contributed by atoms with Crippen molar-refractivity contribution in [3.05, 3.63) is 36.0 Å². The van der Waals surface area contributed by atoms with Crippen LogP contribution in [0.1, 0.15) is 17.3 Å². The van der Waals surface area contributed by atoms with Gasteiger partial charge in [0.2, 0.25) is 0 Å². The SMILES string of the molecule is C[C@@H](C#N)CNC(=O)c1cn[nH]c1-c1cccc(OC(F)F)c1. The van der Waals surface area contributed by atoms with Gasteiger partial charge in [0, 0.05) is 12.1 Å². The summed E-state index contributed by atoms with van der Waals surface area (Å²) in [5.41, 5.74) is 1.12. The van der Waals surface area contributed by atoms with Gasteiger partial charge in [0.25, 0.3) is 5.91 Å². The van der Waals surface area contributed by atoms with Crippen LogP contribution in [0.4, 0.5) is 8.78 Å². The maximum absolute atomic E-state index is 12.3. The highest BCUT2D eigenvalue weighted by Gasteiger charge is 2.16. The van der Waals surface area contributed by atoms with E-state index in [1.54, 1.807) is 13.0 Å². The molecule has 0 saturated carbocycles. The fourth-order valence-corrected chi connectivity index (χ4v) is 1.89. The van der Waals surface area contributed by atoms with Gasteiger partial charge in [-0.05, 0) is 19.1 Å². The second kappa shape index (κ2) is 7.35. The van der Waals surface area contributed by atoms with Gasteiger partial charge in [-0.3, -0.25) is 9.89 Å². The van der Waals surface area contributed by atoms with Crippen molar-refractivity contribution in [1.29, 1.82) is 5.26 Å². The Morgan fingerprint density at radius 2 is 2.30 bits per heavy atom. The number of benzene rings is 1. The number of rotatable bonds is 6. The minimum atomic E-state index is -2.93. The van der Waals surface area contributed by atoms with Crippen molar-refractivity contribution in [2.75, 3.05) is 6.54 Å². The Labute approximate surface area is 131 Å². The summed E-state index contributed by atoms with van der Waals surface area (Å²) in [6.45, 7) is -1.04. The number of nitriles is 1. The van der Waals surface area contributed by atoms with Crippen LogP contribution in [-0.2, 0) is 0 Å². The van der Waals surface area contributed by atoms with Crippen LogP contribution in [0.2, 0.25) is 0 Å². The number of halogens is 2. The minimum absolute atomic E-state index is 0.0171. The molecule has 2 aromatic rings. The number of amides is 1. The zero-order chi connectivity index (χ0) is 16.8. The van der Waals surface area contributed by atoms with Gasteiger partial charge in [0.1, 0.15) is 5.75 Å². The molecule has 0 aliphatic heterocycles. The number of ether oxygens (including phenoxy) is 1. The molecule has 6 nitrogen and oxygen atoms in total. The van der Waals surface area contributed by atoms with Crippen LogP contribution in [-0.4, -0.2) is 29.3 Å². The lowest BCUT2D eigenvalue weighted by atomic mass is 10.1. The topological polar surface area (TPSA) is 90.8 Å². The van der Waals surface area contributed by atoms with E-state index in [0.29, 0.717) is 11.3 Å². The molecule has 2 rings (SSSR count). The van der Waals surface area contributed by atoms with E-state index in [9.17, 15) is 13.6 Å². The van der Waals surface area contributed by atoms with Crippen LogP contribution < -0.4 is 10.1 Å². The number of nitrogens with one attached hydrogen (secondary N) is 2. The Hall–Kier alpha value is -2.95. The van der Waals surface area contributed by atoms with Crippen molar-refractivity contribution in [2.24, 2.45) is 5.92 Å². The van der Waals surface area contributed by atoms with E-state index in [2.05, 4.69) is 20.3 Å². The van der Waals surface area contributed by atoms with Gasteiger partial charge in [-0.15, -0.1) is 0 Å². The van der Waals surface area contributed by atoms with Crippen molar-refractivity contribution in [3.8, 4) is 23.1 Å². The molecule has 0 aliphatic rings. The fraction of sp³-hybridized carbons (Fsp3) is 0.267. The molecule has 0 unspecified atom stereocenters. The summed E-state index contributed by atoms with van der Waals surface area (Å²) in [4.78, 5) is 12.2. The Morgan fingerprint density at radius 3 is 3.00 bits per heavy atom. The van der Waals surface area contributed by atoms with Gasteiger partial charge in [0.15, 0.2) is 0 Å². The van der Waals surface area contributed by atoms with Gasteiger partial charge in [-0.1, -0.05) is 12.1 Å². The largest absolute Gasteiger partial charge is 0.435 e. The van der Waals surface area contributed by atoms with E-state index >= 15 is 0 Å². The maximum Gasteiger partial charge on any atom is 0.387 e. The Balaban J connectivity index is 2.21. The molecule has 1 aromatic heterocycles. The van der Waals surface area contributed by atoms with Gasteiger partial charge >= 0.3 is 6.61 Å². The average molecular weight is 320 g/mol. The highest BCUT2D eigenvalue weighted by molar-refractivity contribution is 5.99. The average Bonchev–Trinajstić information content (AvgIpc) is 3.01. The third-order valence-electron chi connectivity index (χ3n) is 3.02. The lowest BCUT2D eigenvalue weighted by Crippen LogP contribution is -2.27. The van der Waals surface area contributed by atoms with E-state index in [1.165, 1.54) is 24.4 Å². The highest BCUT2D eigenvalue weighted by atomic mass is 19.3. The first-order valence-electron chi connectivity index (χ1n) is 6.77. The van der Waals surface area contributed by atoms with Crippen LogP contribution in [0.25, 0.3) is 11.3 Å². The summed E-state index contributed by atoms with van der Waals surface area (Å²) in [6, 6.07) is 7.96. The molecule has 1 amide bonds. The van der Waals surface area contributed by atoms with E-state index in [-0.39, 0.29) is 23.8 Å². The zero-order valence-electron chi connectivity index (χ0n) is 12.2. The molecule has 1 atom stereocenters. The maximum atomic E-state index is 12.3. The van der Waals surface area contributed by atoms with E-state index in [1.807, 2.05) is 6.07 Å². The second-order valence-electron chi connectivity index (χ2n) is 4.81. The molecule has 0 aliphatic carbocycles. The van der Waals surface area contributed by atoms with Gasteiger partial charge in [-0.25, -0.2) is 0 Å². The van der Waals surface area contributed by atoms with Gasteiger partial charge < -0.3 is 10.1 Å². The first-order valence-corrected chi connectivity index (χ1v) is 6.77. The predicted molar refractivity (Wildman–Crippen MR) is 77.8 cm³/mol. The molecule has 23 heavy (non-hydrogen) atoms. The molecular weight excluding hydrogens is 306 g/mol. The third kappa shape index (κ3) is 4.26.